The topological polar surface area (TPSA) is 46.6 Å². The Morgan fingerprint density at radius 3 is 2.42 bits per heavy atom. The highest BCUT2D eigenvalue weighted by molar-refractivity contribution is 5.80. The molecular formula is C15H25NO3. The lowest BCUT2D eigenvalue weighted by atomic mass is 9.87. The van der Waals surface area contributed by atoms with Gasteiger partial charge in [-0.25, -0.2) is 0 Å². The SMILES string of the molecule is CCOC(=O)[C@@H]1CCCN(C(=O)C2CCCCC2)C1. The van der Waals surface area contributed by atoms with Crippen LogP contribution >= 0.6 is 0 Å². The molecule has 4 heteroatoms. The van der Waals surface area contributed by atoms with Crippen molar-refractivity contribution in [1.29, 1.82) is 0 Å². The lowest BCUT2D eigenvalue weighted by Gasteiger charge is -2.35. The largest absolute Gasteiger partial charge is 0.466 e. The fourth-order valence-electron chi connectivity index (χ4n) is 3.24. The smallest absolute Gasteiger partial charge is 0.310 e. The van der Waals surface area contributed by atoms with E-state index in [1.165, 1.54) is 19.3 Å². The van der Waals surface area contributed by atoms with Gasteiger partial charge in [-0.3, -0.25) is 9.59 Å². The minimum atomic E-state index is -0.136. The molecule has 0 N–H and O–H groups in total. The van der Waals surface area contributed by atoms with Crippen molar-refractivity contribution in [2.45, 2.75) is 51.9 Å². The van der Waals surface area contributed by atoms with Crippen LogP contribution in [0.15, 0.2) is 0 Å². The maximum atomic E-state index is 12.5. The Kier molecular flexibility index (Phi) is 5.23. The number of rotatable bonds is 3. The van der Waals surface area contributed by atoms with Crippen LogP contribution in [-0.2, 0) is 14.3 Å². The average Bonchev–Trinajstić information content (AvgIpc) is 2.48. The standard InChI is InChI=1S/C15H25NO3/c1-2-19-15(18)13-9-6-10-16(11-13)14(17)12-7-4-3-5-8-12/h12-13H,2-11H2,1H3/t13-/m1/s1. The highest BCUT2D eigenvalue weighted by atomic mass is 16.5. The zero-order valence-corrected chi connectivity index (χ0v) is 11.9. The summed E-state index contributed by atoms with van der Waals surface area (Å²) in [5, 5.41) is 0. The molecule has 1 saturated heterocycles. The summed E-state index contributed by atoms with van der Waals surface area (Å²) < 4.78 is 5.08. The number of likely N-dealkylation sites (tertiary alicyclic amines) is 1. The van der Waals surface area contributed by atoms with Crippen molar-refractivity contribution in [2.75, 3.05) is 19.7 Å². The lowest BCUT2D eigenvalue weighted by molar-refractivity contribution is -0.152. The second-order valence-electron chi connectivity index (χ2n) is 5.71. The molecule has 1 saturated carbocycles. The first kappa shape index (κ1) is 14.4. The van der Waals surface area contributed by atoms with Gasteiger partial charge in [-0.05, 0) is 32.6 Å². The van der Waals surface area contributed by atoms with E-state index in [0.29, 0.717) is 13.2 Å². The van der Waals surface area contributed by atoms with Gasteiger partial charge >= 0.3 is 5.97 Å². The molecule has 2 rings (SSSR count). The molecule has 2 aliphatic rings. The Labute approximate surface area is 115 Å². The van der Waals surface area contributed by atoms with Gasteiger partial charge in [0.15, 0.2) is 0 Å². The van der Waals surface area contributed by atoms with Crippen LogP contribution in [0.1, 0.15) is 51.9 Å². The van der Waals surface area contributed by atoms with E-state index in [2.05, 4.69) is 0 Å². The van der Waals surface area contributed by atoms with Crippen LogP contribution in [0.4, 0.5) is 0 Å². The first-order valence-electron chi connectivity index (χ1n) is 7.67. The van der Waals surface area contributed by atoms with Crippen LogP contribution in [0, 0.1) is 11.8 Å². The molecule has 0 spiro atoms. The number of esters is 1. The molecule has 4 nitrogen and oxygen atoms in total. The zero-order valence-electron chi connectivity index (χ0n) is 11.9. The Balaban J connectivity index is 1.89. The number of piperidine rings is 1. The minimum absolute atomic E-state index is 0.110. The van der Waals surface area contributed by atoms with Crippen molar-refractivity contribution in [1.82, 2.24) is 4.90 Å². The van der Waals surface area contributed by atoms with Crippen LogP contribution in [-0.4, -0.2) is 36.5 Å². The summed E-state index contributed by atoms with van der Waals surface area (Å²) in [6.45, 7) is 3.62. The van der Waals surface area contributed by atoms with Crippen molar-refractivity contribution in [3.63, 3.8) is 0 Å². The molecule has 19 heavy (non-hydrogen) atoms. The molecule has 1 aliphatic heterocycles. The van der Waals surface area contributed by atoms with Crippen LogP contribution in [0.25, 0.3) is 0 Å². The molecule has 0 aromatic heterocycles. The van der Waals surface area contributed by atoms with E-state index in [4.69, 9.17) is 4.74 Å². The summed E-state index contributed by atoms with van der Waals surface area (Å²) in [6, 6.07) is 0. The van der Waals surface area contributed by atoms with E-state index >= 15 is 0 Å². The van der Waals surface area contributed by atoms with Gasteiger partial charge in [0.05, 0.1) is 12.5 Å². The maximum absolute atomic E-state index is 12.5. The fourth-order valence-corrected chi connectivity index (χ4v) is 3.24. The Morgan fingerprint density at radius 2 is 1.74 bits per heavy atom. The summed E-state index contributed by atoms with van der Waals surface area (Å²) in [7, 11) is 0. The van der Waals surface area contributed by atoms with Gasteiger partial charge in [0.25, 0.3) is 0 Å². The van der Waals surface area contributed by atoms with Gasteiger partial charge in [0.2, 0.25) is 5.91 Å². The zero-order chi connectivity index (χ0) is 13.7. The van der Waals surface area contributed by atoms with Gasteiger partial charge in [0, 0.05) is 19.0 Å². The van der Waals surface area contributed by atoms with Crippen molar-refractivity contribution >= 4 is 11.9 Å². The van der Waals surface area contributed by atoms with E-state index in [1.807, 2.05) is 11.8 Å². The molecule has 1 aliphatic carbocycles. The maximum Gasteiger partial charge on any atom is 0.310 e. The summed E-state index contributed by atoms with van der Waals surface area (Å²) >= 11 is 0. The Morgan fingerprint density at radius 1 is 1.05 bits per heavy atom. The van der Waals surface area contributed by atoms with Gasteiger partial charge in [-0.1, -0.05) is 19.3 Å². The van der Waals surface area contributed by atoms with Crippen LogP contribution < -0.4 is 0 Å². The van der Waals surface area contributed by atoms with Gasteiger partial charge in [-0.15, -0.1) is 0 Å². The fraction of sp³-hybridized carbons (Fsp3) is 0.867. The number of amides is 1. The number of carbonyl (C=O) groups excluding carboxylic acids is 2. The molecule has 108 valence electrons. The predicted molar refractivity (Wildman–Crippen MR) is 72.5 cm³/mol. The molecule has 0 bridgehead atoms. The summed E-state index contributed by atoms with van der Waals surface area (Å²) in [4.78, 5) is 26.1. The Hall–Kier alpha value is -1.06. The van der Waals surface area contributed by atoms with E-state index < -0.39 is 0 Å². The highest BCUT2D eigenvalue weighted by Crippen LogP contribution is 2.27. The summed E-state index contributed by atoms with van der Waals surface area (Å²) in [5.41, 5.74) is 0. The highest BCUT2D eigenvalue weighted by Gasteiger charge is 2.32. The third-order valence-electron chi connectivity index (χ3n) is 4.31. The van der Waals surface area contributed by atoms with E-state index in [-0.39, 0.29) is 23.7 Å². The number of hydrogen-bond donors (Lipinski definition) is 0. The number of nitrogens with zero attached hydrogens (tertiary/aromatic N) is 1. The first-order valence-corrected chi connectivity index (χ1v) is 7.67. The second-order valence-corrected chi connectivity index (χ2v) is 5.71. The van der Waals surface area contributed by atoms with Crippen LogP contribution in [0.5, 0.6) is 0 Å². The van der Waals surface area contributed by atoms with Crippen molar-refractivity contribution in [3.05, 3.63) is 0 Å². The molecule has 0 aromatic rings. The number of carbonyl (C=O) groups is 2. The quantitative estimate of drug-likeness (QED) is 0.737. The molecule has 0 aromatic carbocycles. The molecule has 1 atom stereocenters. The molecule has 0 unspecified atom stereocenters. The lowest BCUT2D eigenvalue weighted by Crippen LogP contribution is -2.45. The monoisotopic (exact) mass is 267 g/mol. The van der Waals surface area contributed by atoms with Crippen molar-refractivity contribution < 1.29 is 14.3 Å². The molecular weight excluding hydrogens is 242 g/mol. The minimum Gasteiger partial charge on any atom is -0.466 e. The first-order chi connectivity index (χ1) is 9.22. The Bertz CT molecular complexity index is 323. The summed E-state index contributed by atoms with van der Waals surface area (Å²) in [6.07, 6.45) is 7.43. The molecule has 1 amide bonds. The van der Waals surface area contributed by atoms with Gasteiger partial charge < -0.3 is 9.64 Å². The summed E-state index contributed by atoms with van der Waals surface area (Å²) in [5.74, 6) is 0.230. The van der Waals surface area contributed by atoms with Crippen molar-refractivity contribution in [2.24, 2.45) is 11.8 Å². The average molecular weight is 267 g/mol. The van der Waals surface area contributed by atoms with E-state index in [0.717, 1.165) is 32.2 Å². The third kappa shape index (κ3) is 3.71. The second kappa shape index (κ2) is 6.92. The third-order valence-corrected chi connectivity index (χ3v) is 4.31. The van der Waals surface area contributed by atoms with E-state index in [1.54, 1.807) is 0 Å². The van der Waals surface area contributed by atoms with Gasteiger partial charge in [-0.2, -0.15) is 0 Å². The van der Waals surface area contributed by atoms with Crippen LogP contribution in [0.2, 0.25) is 0 Å². The van der Waals surface area contributed by atoms with Crippen LogP contribution in [0.3, 0.4) is 0 Å². The van der Waals surface area contributed by atoms with Crippen molar-refractivity contribution in [3.8, 4) is 0 Å². The molecule has 1 heterocycles. The number of hydrogen-bond acceptors (Lipinski definition) is 3. The number of ether oxygens (including phenoxy) is 1. The predicted octanol–water partition coefficient (Wildman–Crippen LogP) is 2.37. The normalized spacial score (nSPS) is 25.1. The molecule has 2 fully saturated rings. The van der Waals surface area contributed by atoms with E-state index in [9.17, 15) is 9.59 Å². The molecule has 0 radical (unpaired) electrons. The van der Waals surface area contributed by atoms with Gasteiger partial charge in [0.1, 0.15) is 0 Å².